The molecule has 1 aliphatic heterocycles. The Morgan fingerprint density at radius 2 is 1.73 bits per heavy atom. The predicted octanol–water partition coefficient (Wildman–Crippen LogP) is 4.49. The van der Waals surface area contributed by atoms with Crippen molar-refractivity contribution in [3.63, 3.8) is 0 Å². The fourth-order valence-corrected chi connectivity index (χ4v) is 3.83. The van der Waals surface area contributed by atoms with Crippen LogP contribution in [0.5, 0.6) is 5.75 Å². The molecule has 1 aliphatic rings. The number of halogens is 3. The molecule has 1 amide bonds. The van der Waals surface area contributed by atoms with Gasteiger partial charge in [0.15, 0.2) is 0 Å². The minimum atomic E-state index is -4.39. The van der Waals surface area contributed by atoms with E-state index in [0.29, 0.717) is 11.4 Å². The zero-order valence-corrected chi connectivity index (χ0v) is 14.9. The average molecular weight is 382 g/mol. The molecular formula is C18H17F3N2O2S. The molecule has 0 radical (unpaired) electrons. The van der Waals surface area contributed by atoms with Crippen LogP contribution in [0.15, 0.2) is 48.5 Å². The largest absolute Gasteiger partial charge is 0.497 e. The maximum Gasteiger partial charge on any atom is 0.416 e. The van der Waals surface area contributed by atoms with Gasteiger partial charge in [0.1, 0.15) is 10.6 Å². The Morgan fingerprint density at radius 1 is 1.12 bits per heavy atom. The molecule has 26 heavy (non-hydrogen) atoms. The standard InChI is InChI=1S/C18H17F3N2O2S/c1-17(12-5-9-15(25-2)10-6-12)23(16(24)11-26-17)22-14-7-3-13(4-8-14)18(19,20)21/h3-10,22H,11H2,1-2H3. The molecule has 1 heterocycles. The third-order valence-electron chi connectivity index (χ3n) is 4.23. The van der Waals surface area contributed by atoms with Crippen LogP contribution in [-0.4, -0.2) is 23.8 Å². The Kier molecular flexibility index (Phi) is 4.79. The number of benzene rings is 2. The first-order valence-electron chi connectivity index (χ1n) is 7.79. The van der Waals surface area contributed by atoms with Crippen molar-refractivity contribution in [3.8, 4) is 5.75 Å². The van der Waals surface area contributed by atoms with Gasteiger partial charge in [0.05, 0.1) is 24.1 Å². The summed E-state index contributed by atoms with van der Waals surface area (Å²) in [7, 11) is 1.57. The van der Waals surface area contributed by atoms with Crippen LogP contribution in [0.3, 0.4) is 0 Å². The van der Waals surface area contributed by atoms with Gasteiger partial charge in [0.2, 0.25) is 0 Å². The fraction of sp³-hybridized carbons (Fsp3) is 0.278. The molecular weight excluding hydrogens is 365 g/mol. The Bertz CT molecular complexity index is 794. The number of alkyl halides is 3. The number of hydrogen-bond donors (Lipinski definition) is 1. The summed E-state index contributed by atoms with van der Waals surface area (Å²) in [6.07, 6.45) is -4.39. The van der Waals surface area contributed by atoms with Gasteiger partial charge in [-0.05, 0) is 48.9 Å². The quantitative estimate of drug-likeness (QED) is 0.846. The molecule has 138 valence electrons. The van der Waals surface area contributed by atoms with Gasteiger partial charge in [-0.25, -0.2) is 5.01 Å². The van der Waals surface area contributed by atoms with Gasteiger partial charge in [-0.15, -0.1) is 11.8 Å². The number of anilines is 1. The van der Waals surface area contributed by atoms with E-state index in [9.17, 15) is 18.0 Å². The lowest BCUT2D eigenvalue weighted by Crippen LogP contribution is -2.44. The Hall–Kier alpha value is -2.35. The number of nitrogens with zero attached hydrogens (tertiary/aromatic N) is 1. The molecule has 1 unspecified atom stereocenters. The van der Waals surface area contributed by atoms with E-state index in [-0.39, 0.29) is 11.7 Å². The SMILES string of the molecule is COc1ccc(C2(C)SCC(=O)N2Nc2ccc(C(F)(F)F)cc2)cc1. The van der Waals surface area contributed by atoms with E-state index in [4.69, 9.17) is 4.74 Å². The number of amides is 1. The van der Waals surface area contributed by atoms with Crippen molar-refractivity contribution in [3.05, 3.63) is 59.7 Å². The number of hydrogen-bond acceptors (Lipinski definition) is 4. The van der Waals surface area contributed by atoms with Crippen molar-refractivity contribution in [1.29, 1.82) is 0 Å². The highest BCUT2D eigenvalue weighted by molar-refractivity contribution is 8.01. The van der Waals surface area contributed by atoms with Gasteiger partial charge in [-0.2, -0.15) is 13.2 Å². The maximum absolute atomic E-state index is 12.7. The van der Waals surface area contributed by atoms with Crippen LogP contribution < -0.4 is 10.2 Å². The molecule has 8 heteroatoms. The molecule has 4 nitrogen and oxygen atoms in total. The second-order valence-electron chi connectivity index (χ2n) is 5.92. The average Bonchev–Trinajstić information content (AvgIpc) is 2.91. The van der Waals surface area contributed by atoms with Gasteiger partial charge < -0.3 is 4.74 Å². The molecule has 1 fully saturated rings. The van der Waals surface area contributed by atoms with Crippen molar-refractivity contribution in [1.82, 2.24) is 5.01 Å². The lowest BCUT2D eigenvalue weighted by atomic mass is 10.1. The predicted molar refractivity (Wildman–Crippen MR) is 94.7 cm³/mol. The Labute approximate surface area is 153 Å². The number of hydrazine groups is 1. The molecule has 0 saturated carbocycles. The van der Waals surface area contributed by atoms with Crippen molar-refractivity contribution in [2.75, 3.05) is 18.3 Å². The molecule has 1 N–H and O–H groups in total. The fourth-order valence-electron chi connectivity index (χ4n) is 2.71. The number of thioether (sulfide) groups is 1. The van der Waals surface area contributed by atoms with Gasteiger partial charge in [-0.1, -0.05) is 12.1 Å². The number of ether oxygens (including phenoxy) is 1. The lowest BCUT2D eigenvalue weighted by molar-refractivity contribution is -0.137. The van der Waals surface area contributed by atoms with Crippen LogP contribution in [0, 0.1) is 0 Å². The third-order valence-corrected chi connectivity index (χ3v) is 5.60. The second-order valence-corrected chi connectivity index (χ2v) is 7.29. The van der Waals surface area contributed by atoms with E-state index in [0.717, 1.165) is 17.7 Å². The summed E-state index contributed by atoms with van der Waals surface area (Å²) in [6.45, 7) is 1.89. The molecule has 0 aromatic heterocycles. The molecule has 2 aromatic rings. The summed E-state index contributed by atoms with van der Waals surface area (Å²) in [6, 6.07) is 11.9. The molecule has 0 bridgehead atoms. The van der Waals surface area contributed by atoms with E-state index in [1.165, 1.54) is 28.9 Å². The number of carbonyl (C=O) groups excluding carboxylic acids is 1. The molecule has 1 atom stereocenters. The zero-order chi connectivity index (χ0) is 18.9. The molecule has 0 spiro atoms. The van der Waals surface area contributed by atoms with Crippen molar-refractivity contribution in [2.45, 2.75) is 18.0 Å². The number of nitrogens with one attached hydrogen (secondary N) is 1. The van der Waals surface area contributed by atoms with E-state index in [1.54, 1.807) is 19.2 Å². The summed E-state index contributed by atoms with van der Waals surface area (Å²) >= 11 is 1.45. The van der Waals surface area contributed by atoms with Gasteiger partial charge in [0, 0.05) is 0 Å². The first-order chi connectivity index (χ1) is 12.2. The normalized spacial score (nSPS) is 20.3. The van der Waals surface area contributed by atoms with Crippen LogP contribution in [-0.2, 0) is 15.8 Å². The van der Waals surface area contributed by atoms with Gasteiger partial charge >= 0.3 is 6.18 Å². The zero-order valence-electron chi connectivity index (χ0n) is 14.1. The number of methoxy groups -OCH3 is 1. The molecule has 1 saturated heterocycles. The highest BCUT2D eigenvalue weighted by atomic mass is 32.2. The van der Waals surface area contributed by atoms with Crippen LogP contribution in [0.2, 0.25) is 0 Å². The maximum atomic E-state index is 12.7. The lowest BCUT2D eigenvalue weighted by Gasteiger charge is -2.35. The minimum Gasteiger partial charge on any atom is -0.497 e. The van der Waals surface area contributed by atoms with Crippen LogP contribution >= 0.6 is 11.8 Å². The van der Waals surface area contributed by atoms with E-state index in [1.807, 2.05) is 19.1 Å². The first kappa shape index (κ1) is 18.4. The molecule has 3 rings (SSSR count). The smallest absolute Gasteiger partial charge is 0.416 e. The Morgan fingerprint density at radius 3 is 2.27 bits per heavy atom. The van der Waals surface area contributed by atoms with E-state index >= 15 is 0 Å². The Balaban J connectivity index is 1.85. The van der Waals surface area contributed by atoms with Crippen molar-refractivity contribution < 1.29 is 22.7 Å². The van der Waals surface area contributed by atoms with Crippen LogP contribution in [0.1, 0.15) is 18.1 Å². The van der Waals surface area contributed by atoms with Gasteiger partial charge in [0.25, 0.3) is 5.91 Å². The summed E-state index contributed by atoms with van der Waals surface area (Å²) in [5.74, 6) is 0.832. The van der Waals surface area contributed by atoms with E-state index in [2.05, 4.69) is 5.43 Å². The monoisotopic (exact) mass is 382 g/mol. The molecule has 2 aromatic carbocycles. The third kappa shape index (κ3) is 3.46. The summed E-state index contributed by atoms with van der Waals surface area (Å²) in [5, 5.41) is 1.46. The number of rotatable bonds is 4. The summed E-state index contributed by atoms with van der Waals surface area (Å²) in [4.78, 5) is 11.7. The van der Waals surface area contributed by atoms with Crippen LogP contribution in [0.25, 0.3) is 0 Å². The number of carbonyl (C=O) groups is 1. The van der Waals surface area contributed by atoms with Gasteiger partial charge in [-0.3, -0.25) is 10.2 Å². The topological polar surface area (TPSA) is 41.6 Å². The first-order valence-corrected chi connectivity index (χ1v) is 8.78. The summed E-state index contributed by atoms with van der Waals surface area (Å²) < 4.78 is 43.2. The molecule has 0 aliphatic carbocycles. The summed E-state index contributed by atoms with van der Waals surface area (Å²) in [5.41, 5.74) is 3.51. The highest BCUT2D eigenvalue weighted by Crippen LogP contribution is 2.45. The minimum absolute atomic E-state index is 0.145. The van der Waals surface area contributed by atoms with E-state index < -0.39 is 16.6 Å². The highest BCUT2D eigenvalue weighted by Gasteiger charge is 2.44. The van der Waals surface area contributed by atoms with Crippen LogP contribution in [0.4, 0.5) is 18.9 Å². The second kappa shape index (κ2) is 6.75. The van der Waals surface area contributed by atoms with Crippen molar-refractivity contribution in [2.24, 2.45) is 0 Å². The van der Waals surface area contributed by atoms with Crippen molar-refractivity contribution >= 4 is 23.4 Å².